The minimum atomic E-state index is -0.517. The monoisotopic (exact) mass is 264 g/mol. The van der Waals surface area contributed by atoms with Gasteiger partial charge in [-0.15, -0.1) is 0 Å². The Kier molecular flexibility index (Phi) is 3.42. The number of rotatable bonds is 3. The lowest BCUT2D eigenvalue weighted by molar-refractivity contribution is -0.132. The first-order valence-electron chi connectivity index (χ1n) is 6.13. The first-order valence-corrected chi connectivity index (χ1v) is 6.13. The quantitative estimate of drug-likeness (QED) is 0.919. The number of halogens is 1. The van der Waals surface area contributed by atoms with Crippen LogP contribution in [0.25, 0.3) is 11.0 Å². The van der Waals surface area contributed by atoms with E-state index in [2.05, 4.69) is 4.98 Å². The number of carbonyl (C=O) groups is 1. The Labute approximate surface area is 110 Å². The number of nitrogens with zero attached hydrogens (tertiary/aromatic N) is 3. The summed E-state index contributed by atoms with van der Waals surface area (Å²) in [5.74, 6) is -0.249. The van der Waals surface area contributed by atoms with Crippen molar-refractivity contribution in [1.29, 1.82) is 0 Å². The molecule has 0 aliphatic rings. The van der Waals surface area contributed by atoms with E-state index in [4.69, 9.17) is 5.73 Å². The molecule has 102 valence electrons. The minimum absolute atomic E-state index is 0.0854. The third-order valence-corrected chi connectivity index (χ3v) is 3.27. The first-order chi connectivity index (χ1) is 8.95. The van der Waals surface area contributed by atoms with Crippen molar-refractivity contribution in [2.45, 2.75) is 19.9 Å². The summed E-state index contributed by atoms with van der Waals surface area (Å²) in [6, 6.07) is 3.70. The van der Waals surface area contributed by atoms with Crippen LogP contribution in [0, 0.1) is 5.82 Å². The van der Waals surface area contributed by atoms with Crippen LogP contribution >= 0.6 is 0 Å². The van der Waals surface area contributed by atoms with Crippen molar-refractivity contribution >= 4 is 22.9 Å². The Morgan fingerprint density at radius 3 is 2.89 bits per heavy atom. The molecule has 1 heterocycles. The number of amides is 1. The molecule has 1 atom stereocenters. The number of benzene rings is 1. The smallest absolute Gasteiger partial charge is 0.245 e. The molecular formula is C13H17FN4O. The Hall–Kier alpha value is -2.11. The topological polar surface area (TPSA) is 64.2 Å². The number of nitrogens with two attached hydrogens (primary N) is 1. The van der Waals surface area contributed by atoms with Gasteiger partial charge in [0.2, 0.25) is 11.9 Å². The molecule has 0 aliphatic heterocycles. The van der Waals surface area contributed by atoms with Crippen LogP contribution in [0.5, 0.6) is 0 Å². The van der Waals surface area contributed by atoms with Crippen LogP contribution in [0.1, 0.15) is 19.9 Å². The molecule has 0 spiro atoms. The van der Waals surface area contributed by atoms with Crippen molar-refractivity contribution < 1.29 is 9.18 Å². The second-order valence-electron chi connectivity index (χ2n) is 4.50. The number of carbonyl (C=O) groups excluding carboxylic acids is 1. The number of anilines is 1. The summed E-state index contributed by atoms with van der Waals surface area (Å²) < 4.78 is 14.9. The Balaban J connectivity index is 2.52. The molecule has 1 aromatic carbocycles. The second kappa shape index (κ2) is 4.87. The zero-order valence-corrected chi connectivity index (χ0v) is 11.2. The molecule has 1 amide bonds. The summed E-state index contributed by atoms with van der Waals surface area (Å²) in [7, 11) is 1.72. The van der Waals surface area contributed by atoms with Gasteiger partial charge in [0.25, 0.3) is 0 Å². The number of imidazole rings is 1. The van der Waals surface area contributed by atoms with Crippen LogP contribution in [0.15, 0.2) is 18.2 Å². The molecule has 0 saturated heterocycles. The summed E-state index contributed by atoms with van der Waals surface area (Å²) in [5, 5.41) is 0. The van der Waals surface area contributed by atoms with Crippen molar-refractivity contribution in [3.05, 3.63) is 24.0 Å². The standard InChI is InChI=1S/C13H17FN4O/c1-4-17(3)12(19)8(2)18-11-7-9(14)5-6-10(11)16-13(18)15/h5-8H,4H2,1-3H3,(H2,15,16). The van der Waals surface area contributed by atoms with Crippen LogP contribution < -0.4 is 5.73 Å². The lowest BCUT2D eigenvalue weighted by Gasteiger charge is -2.21. The van der Waals surface area contributed by atoms with Crippen LogP contribution in [0.2, 0.25) is 0 Å². The predicted molar refractivity (Wildman–Crippen MR) is 72.1 cm³/mol. The molecule has 2 rings (SSSR count). The highest BCUT2D eigenvalue weighted by Crippen LogP contribution is 2.24. The molecule has 5 nitrogen and oxygen atoms in total. The van der Waals surface area contributed by atoms with Gasteiger partial charge in [-0.2, -0.15) is 0 Å². The van der Waals surface area contributed by atoms with Gasteiger partial charge in [0.1, 0.15) is 11.9 Å². The number of nitrogen functional groups attached to an aromatic ring is 1. The second-order valence-corrected chi connectivity index (χ2v) is 4.50. The number of fused-ring (bicyclic) bond motifs is 1. The number of likely N-dealkylation sites (N-methyl/N-ethyl adjacent to an activating group) is 1. The molecule has 0 fully saturated rings. The maximum Gasteiger partial charge on any atom is 0.245 e. The highest BCUT2D eigenvalue weighted by atomic mass is 19.1. The van der Waals surface area contributed by atoms with Gasteiger partial charge in [0.15, 0.2) is 0 Å². The van der Waals surface area contributed by atoms with Crippen LogP contribution in [0.3, 0.4) is 0 Å². The fraction of sp³-hybridized carbons (Fsp3) is 0.385. The van der Waals surface area contributed by atoms with E-state index < -0.39 is 6.04 Å². The van der Waals surface area contributed by atoms with Crippen molar-refractivity contribution in [1.82, 2.24) is 14.5 Å². The summed E-state index contributed by atoms with van der Waals surface area (Å²) >= 11 is 0. The maximum atomic E-state index is 13.3. The SMILES string of the molecule is CCN(C)C(=O)C(C)n1c(N)nc2ccc(F)cc21. The zero-order chi connectivity index (χ0) is 14.2. The Morgan fingerprint density at radius 1 is 1.58 bits per heavy atom. The average Bonchev–Trinajstić information content (AvgIpc) is 2.71. The number of hydrogen-bond donors (Lipinski definition) is 1. The van der Waals surface area contributed by atoms with Gasteiger partial charge in [-0.05, 0) is 32.0 Å². The van der Waals surface area contributed by atoms with Crippen molar-refractivity contribution in [2.75, 3.05) is 19.3 Å². The van der Waals surface area contributed by atoms with E-state index >= 15 is 0 Å². The highest BCUT2D eigenvalue weighted by molar-refractivity contribution is 5.85. The fourth-order valence-corrected chi connectivity index (χ4v) is 2.08. The lowest BCUT2D eigenvalue weighted by Crippen LogP contribution is -2.33. The molecule has 0 radical (unpaired) electrons. The van der Waals surface area contributed by atoms with Gasteiger partial charge in [-0.25, -0.2) is 9.37 Å². The average molecular weight is 264 g/mol. The van der Waals surface area contributed by atoms with Crippen molar-refractivity contribution in [3.8, 4) is 0 Å². The molecule has 0 bridgehead atoms. The first kappa shape index (κ1) is 13.3. The van der Waals surface area contributed by atoms with E-state index in [0.717, 1.165) is 0 Å². The fourth-order valence-electron chi connectivity index (χ4n) is 2.08. The van der Waals surface area contributed by atoms with Gasteiger partial charge in [0.05, 0.1) is 11.0 Å². The van der Waals surface area contributed by atoms with Gasteiger partial charge >= 0.3 is 0 Å². The predicted octanol–water partition coefficient (Wildman–Crippen LogP) is 1.80. The largest absolute Gasteiger partial charge is 0.369 e. The van der Waals surface area contributed by atoms with E-state index in [1.807, 2.05) is 6.92 Å². The van der Waals surface area contributed by atoms with Crippen molar-refractivity contribution in [2.24, 2.45) is 0 Å². The molecule has 1 unspecified atom stereocenters. The number of hydrogen-bond acceptors (Lipinski definition) is 3. The van der Waals surface area contributed by atoms with Gasteiger partial charge in [0, 0.05) is 13.6 Å². The van der Waals surface area contributed by atoms with Crippen LogP contribution in [-0.4, -0.2) is 34.0 Å². The van der Waals surface area contributed by atoms with Gasteiger partial charge in [-0.1, -0.05) is 0 Å². The van der Waals surface area contributed by atoms with Crippen LogP contribution in [-0.2, 0) is 4.79 Å². The third kappa shape index (κ3) is 2.25. The molecule has 0 saturated carbocycles. The van der Waals surface area contributed by atoms with Crippen LogP contribution in [0.4, 0.5) is 10.3 Å². The highest BCUT2D eigenvalue weighted by Gasteiger charge is 2.22. The van der Waals surface area contributed by atoms with Gasteiger partial charge in [-0.3, -0.25) is 9.36 Å². The molecule has 2 N–H and O–H groups in total. The molecular weight excluding hydrogens is 247 g/mol. The zero-order valence-electron chi connectivity index (χ0n) is 11.2. The van der Waals surface area contributed by atoms with E-state index in [1.54, 1.807) is 29.5 Å². The molecule has 1 aromatic heterocycles. The molecule has 0 aliphatic carbocycles. The lowest BCUT2D eigenvalue weighted by atomic mass is 10.2. The van der Waals surface area contributed by atoms with E-state index in [1.165, 1.54) is 12.1 Å². The molecule has 6 heteroatoms. The van der Waals surface area contributed by atoms with E-state index in [9.17, 15) is 9.18 Å². The summed E-state index contributed by atoms with van der Waals surface area (Å²) in [6.45, 7) is 4.22. The van der Waals surface area contributed by atoms with Gasteiger partial charge < -0.3 is 10.6 Å². The molecule has 2 aromatic rings. The third-order valence-electron chi connectivity index (χ3n) is 3.27. The normalized spacial score (nSPS) is 12.6. The van der Waals surface area contributed by atoms with E-state index in [0.29, 0.717) is 17.6 Å². The summed E-state index contributed by atoms with van der Waals surface area (Å²) in [6.07, 6.45) is 0. The van der Waals surface area contributed by atoms with E-state index in [-0.39, 0.29) is 17.7 Å². The summed E-state index contributed by atoms with van der Waals surface area (Å²) in [4.78, 5) is 17.9. The Morgan fingerprint density at radius 2 is 2.26 bits per heavy atom. The molecule has 19 heavy (non-hydrogen) atoms. The Bertz CT molecular complexity index is 622. The number of aromatic nitrogens is 2. The summed E-state index contributed by atoms with van der Waals surface area (Å²) in [5.41, 5.74) is 6.95. The van der Waals surface area contributed by atoms with Crippen molar-refractivity contribution in [3.63, 3.8) is 0 Å². The maximum absolute atomic E-state index is 13.3. The minimum Gasteiger partial charge on any atom is -0.369 e.